The fourth-order valence-electron chi connectivity index (χ4n) is 6.09. The Kier molecular flexibility index (Phi) is 5.63. The van der Waals surface area contributed by atoms with Gasteiger partial charge in [0.2, 0.25) is 17.6 Å². The topological polar surface area (TPSA) is 173 Å². The second-order valence-corrected chi connectivity index (χ2v) is 10.3. The third-order valence-corrected chi connectivity index (χ3v) is 7.98. The van der Waals surface area contributed by atoms with Crippen LogP contribution in [0.25, 0.3) is 11.1 Å². The normalized spacial score (nSPS) is 28.9. The van der Waals surface area contributed by atoms with Crippen molar-refractivity contribution in [1.82, 2.24) is 25.8 Å². The van der Waals surface area contributed by atoms with Crippen LogP contribution < -0.4 is 21.7 Å². The van der Waals surface area contributed by atoms with Gasteiger partial charge in [0.25, 0.3) is 5.91 Å². The number of aliphatic hydroxyl groups is 2. The lowest BCUT2D eigenvalue weighted by molar-refractivity contribution is -0.231. The minimum atomic E-state index is -2.56. The Hall–Kier alpha value is -4.42. The number of amides is 3. The average Bonchev–Trinajstić information content (AvgIpc) is 3.52. The molecule has 39 heavy (non-hydrogen) atoms. The van der Waals surface area contributed by atoms with Crippen LogP contribution in [0.3, 0.4) is 0 Å². The number of carbonyl (C=O) groups excluding carboxylic acids is 3. The summed E-state index contributed by atoms with van der Waals surface area (Å²) in [5, 5.41) is 32.2. The molecular formula is C27H29N7O5. The first-order chi connectivity index (χ1) is 18.6. The van der Waals surface area contributed by atoms with Crippen molar-refractivity contribution >= 4 is 23.7 Å². The van der Waals surface area contributed by atoms with E-state index in [1.54, 1.807) is 18.2 Å². The van der Waals surface area contributed by atoms with E-state index >= 15 is 0 Å². The zero-order chi connectivity index (χ0) is 27.5. The molecule has 4 aliphatic rings. The van der Waals surface area contributed by atoms with E-state index in [1.165, 1.54) is 4.90 Å². The van der Waals surface area contributed by atoms with E-state index in [-0.39, 0.29) is 49.5 Å². The van der Waals surface area contributed by atoms with Crippen molar-refractivity contribution in [2.45, 2.75) is 42.4 Å². The molecule has 3 fully saturated rings. The fourth-order valence-corrected chi connectivity index (χ4v) is 6.09. The number of rotatable bonds is 5. The number of carbonyl (C=O) groups is 3. The van der Waals surface area contributed by atoms with Crippen molar-refractivity contribution < 1.29 is 24.6 Å². The number of nitrogens with zero attached hydrogens (tertiary/aromatic N) is 3. The van der Waals surface area contributed by atoms with Crippen LogP contribution in [-0.4, -0.2) is 86.4 Å². The summed E-state index contributed by atoms with van der Waals surface area (Å²) in [7, 11) is 0. The lowest BCUT2D eigenvalue weighted by Gasteiger charge is -2.49. The standard InChI is InChI=1S/C27H29N7O5/c1-15-29-23-19(13-33-21(35)10-11-22(33)36)30-25(28)34-14-20(27(38,39)26(23,34)32-15)31-24(37)18-9-5-8-17(12-18)16-6-3-2-4-7-16/h2-9,12,19-20,23,29,32,38-39H,1,10-11,13-14H2,(H2,28,30)(H,31,37)/t19-,20-,23-,26-/m0/s1. The molecule has 0 saturated carbocycles. The molecule has 2 aromatic carbocycles. The van der Waals surface area contributed by atoms with Crippen LogP contribution in [0.2, 0.25) is 0 Å². The van der Waals surface area contributed by atoms with Crippen LogP contribution >= 0.6 is 0 Å². The molecule has 0 aliphatic carbocycles. The van der Waals surface area contributed by atoms with Gasteiger partial charge in [-0.15, -0.1) is 0 Å². The number of hydrogen-bond acceptors (Lipinski definition) is 10. The van der Waals surface area contributed by atoms with Gasteiger partial charge in [-0.1, -0.05) is 49.0 Å². The molecule has 0 radical (unpaired) electrons. The minimum Gasteiger partial charge on any atom is -0.370 e. The van der Waals surface area contributed by atoms with Gasteiger partial charge < -0.3 is 36.8 Å². The lowest BCUT2D eigenvalue weighted by atomic mass is 9.85. The Bertz CT molecular complexity index is 1390. The van der Waals surface area contributed by atoms with E-state index < -0.39 is 35.5 Å². The van der Waals surface area contributed by atoms with Crippen LogP contribution in [-0.2, 0) is 9.59 Å². The second-order valence-electron chi connectivity index (χ2n) is 10.3. The number of nitrogens with two attached hydrogens (primary N) is 1. The smallest absolute Gasteiger partial charge is 0.251 e. The van der Waals surface area contributed by atoms with Crippen molar-refractivity contribution in [3.63, 3.8) is 0 Å². The zero-order valence-electron chi connectivity index (χ0n) is 21.0. The molecule has 202 valence electrons. The van der Waals surface area contributed by atoms with Crippen molar-refractivity contribution in [3.8, 4) is 11.1 Å². The summed E-state index contributed by atoms with van der Waals surface area (Å²) in [6.07, 6.45) is 0.239. The van der Waals surface area contributed by atoms with Crippen LogP contribution in [0.1, 0.15) is 23.2 Å². The average molecular weight is 532 g/mol. The number of benzene rings is 2. The van der Waals surface area contributed by atoms with Crippen LogP contribution in [0.4, 0.5) is 0 Å². The van der Waals surface area contributed by atoms with Gasteiger partial charge in [-0.3, -0.25) is 19.3 Å². The SMILES string of the molecule is C=C1N[C@H]2[C@H](CN3C(=O)CCC3=O)N=C(N)N3C[C@H](NC(=O)c4cccc(-c5ccccc5)c4)C(O)(O)[C@]23N1. The maximum Gasteiger partial charge on any atom is 0.251 e. The van der Waals surface area contributed by atoms with Gasteiger partial charge in [0.1, 0.15) is 6.04 Å². The first-order valence-electron chi connectivity index (χ1n) is 12.7. The number of aliphatic imine (C=N–C) groups is 1. The summed E-state index contributed by atoms with van der Waals surface area (Å²) < 4.78 is 0. The summed E-state index contributed by atoms with van der Waals surface area (Å²) in [6, 6.07) is 13.8. The summed E-state index contributed by atoms with van der Waals surface area (Å²) >= 11 is 0. The van der Waals surface area contributed by atoms with Crippen LogP contribution in [0.15, 0.2) is 72.0 Å². The van der Waals surface area contributed by atoms with Crippen LogP contribution in [0, 0.1) is 0 Å². The zero-order valence-corrected chi connectivity index (χ0v) is 21.0. The highest BCUT2D eigenvalue weighted by Crippen LogP contribution is 2.44. The summed E-state index contributed by atoms with van der Waals surface area (Å²) in [5.74, 6) is -3.42. The highest BCUT2D eigenvalue weighted by Gasteiger charge is 2.73. The molecule has 1 spiro atoms. The molecule has 4 atom stereocenters. The molecule has 0 aromatic heterocycles. The molecule has 12 nitrogen and oxygen atoms in total. The van der Waals surface area contributed by atoms with Gasteiger partial charge in [0.05, 0.1) is 24.4 Å². The molecule has 12 heteroatoms. The van der Waals surface area contributed by atoms with Gasteiger partial charge >= 0.3 is 0 Å². The first kappa shape index (κ1) is 24.9. The van der Waals surface area contributed by atoms with E-state index in [9.17, 15) is 24.6 Å². The molecular weight excluding hydrogens is 502 g/mol. The van der Waals surface area contributed by atoms with Gasteiger partial charge in [-0.25, -0.2) is 4.99 Å². The van der Waals surface area contributed by atoms with Gasteiger partial charge in [0, 0.05) is 24.9 Å². The fraction of sp³-hybridized carbons (Fsp3) is 0.333. The Labute approximate surface area is 224 Å². The number of guanidine groups is 1. The number of nitrogens with one attached hydrogen (secondary N) is 3. The molecule has 7 N–H and O–H groups in total. The molecule has 6 rings (SSSR count). The molecule has 0 bridgehead atoms. The van der Waals surface area contributed by atoms with Crippen molar-refractivity contribution in [3.05, 3.63) is 72.6 Å². The predicted molar refractivity (Wildman–Crippen MR) is 140 cm³/mol. The van der Waals surface area contributed by atoms with E-state index in [0.717, 1.165) is 16.0 Å². The monoisotopic (exact) mass is 531 g/mol. The Balaban J connectivity index is 1.29. The summed E-state index contributed by atoms with van der Waals surface area (Å²) in [5.41, 5.74) is 6.77. The molecule has 4 aliphatic heterocycles. The third-order valence-electron chi connectivity index (χ3n) is 7.98. The maximum atomic E-state index is 13.3. The van der Waals surface area contributed by atoms with Crippen molar-refractivity contribution in [2.24, 2.45) is 10.7 Å². The van der Waals surface area contributed by atoms with E-state index in [2.05, 4.69) is 27.5 Å². The molecule has 3 saturated heterocycles. The van der Waals surface area contributed by atoms with Gasteiger partial charge in [0.15, 0.2) is 11.6 Å². The number of likely N-dealkylation sites (tertiary alicyclic amines) is 1. The van der Waals surface area contributed by atoms with E-state index in [1.807, 2.05) is 36.4 Å². The van der Waals surface area contributed by atoms with Crippen LogP contribution in [0.5, 0.6) is 0 Å². The van der Waals surface area contributed by atoms with Crippen molar-refractivity contribution in [1.29, 1.82) is 0 Å². The Morgan fingerprint density at radius 2 is 1.79 bits per heavy atom. The van der Waals surface area contributed by atoms with Crippen molar-refractivity contribution in [2.75, 3.05) is 13.1 Å². The molecule has 4 heterocycles. The maximum absolute atomic E-state index is 13.3. The molecule has 3 amide bonds. The van der Waals surface area contributed by atoms with Gasteiger partial charge in [-0.2, -0.15) is 0 Å². The summed E-state index contributed by atoms with van der Waals surface area (Å²) in [4.78, 5) is 45.0. The van der Waals surface area contributed by atoms with Gasteiger partial charge in [-0.05, 0) is 23.3 Å². The first-order valence-corrected chi connectivity index (χ1v) is 12.7. The highest BCUT2D eigenvalue weighted by molar-refractivity contribution is 6.02. The highest BCUT2D eigenvalue weighted by atomic mass is 16.5. The molecule has 2 aromatic rings. The third kappa shape index (κ3) is 3.74. The summed E-state index contributed by atoms with van der Waals surface area (Å²) in [6.45, 7) is 3.74. The lowest BCUT2D eigenvalue weighted by Crippen LogP contribution is -2.78. The Morgan fingerprint density at radius 3 is 2.51 bits per heavy atom. The van der Waals surface area contributed by atoms with E-state index in [4.69, 9.17) is 5.73 Å². The molecule has 0 unspecified atom stereocenters. The van der Waals surface area contributed by atoms with E-state index in [0.29, 0.717) is 5.56 Å². The minimum absolute atomic E-state index is 0.0188. The predicted octanol–water partition coefficient (Wildman–Crippen LogP) is -0.977. The number of imide groups is 1. The second kappa shape index (κ2) is 8.82. The number of hydrogen-bond donors (Lipinski definition) is 6. The largest absolute Gasteiger partial charge is 0.370 e. The Morgan fingerprint density at radius 1 is 1.10 bits per heavy atom. The quantitative estimate of drug-likeness (QED) is 0.210.